The van der Waals surface area contributed by atoms with Crippen LogP contribution in [-0.4, -0.2) is 29.1 Å². The summed E-state index contributed by atoms with van der Waals surface area (Å²) in [5.74, 6) is 0.395. The van der Waals surface area contributed by atoms with E-state index >= 15 is 0 Å². The quantitative estimate of drug-likeness (QED) is 0.816. The van der Waals surface area contributed by atoms with Crippen molar-refractivity contribution in [2.45, 2.75) is 58.1 Å². The largest absolute Gasteiger partial charge is 0.388 e. The number of rotatable bonds is 7. The van der Waals surface area contributed by atoms with Crippen LogP contribution in [0.5, 0.6) is 0 Å². The topological polar surface area (TPSA) is 23.5 Å². The molecule has 1 aromatic rings. The van der Waals surface area contributed by atoms with Crippen molar-refractivity contribution in [3.05, 3.63) is 35.6 Å². The van der Waals surface area contributed by atoms with E-state index < -0.39 is 6.10 Å². The fraction of sp³-hybridized carbons (Fsp3) is 0.667. The summed E-state index contributed by atoms with van der Waals surface area (Å²) in [6, 6.07) is 6.89. The van der Waals surface area contributed by atoms with Gasteiger partial charge >= 0.3 is 0 Å². The molecular weight excluding hydrogens is 265 g/mol. The van der Waals surface area contributed by atoms with E-state index in [1.54, 1.807) is 12.1 Å². The standard InChI is InChI=1S/C18H28FNO/c1-14(2)13-20(17-5-3-4-6-17)12-11-18(21)15-7-9-16(19)10-8-15/h7-10,14,17-18,21H,3-6,11-13H2,1-2H3. The van der Waals surface area contributed by atoms with Crippen molar-refractivity contribution in [2.24, 2.45) is 5.92 Å². The zero-order chi connectivity index (χ0) is 15.2. The zero-order valence-electron chi connectivity index (χ0n) is 13.3. The van der Waals surface area contributed by atoms with E-state index in [9.17, 15) is 9.50 Å². The van der Waals surface area contributed by atoms with Gasteiger partial charge in [-0.25, -0.2) is 4.39 Å². The highest BCUT2D eigenvalue weighted by molar-refractivity contribution is 5.18. The molecule has 1 unspecified atom stereocenters. The smallest absolute Gasteiger partial charge is 0.123 e. The second kappa shape index (κ2) is 7.90. The van der Waals surface area contributed by atoms with E-state index in [1.165, 1.54) is 37.8 Å². The Labute approximate surface area is 128 Å². The summed E-state index contributed by atoms with van der Waals surface area (Å²) in [6.07, 6.45) is 5.47. The first kappa shape index (κ1) is 16.4. The van der Waals surface area contributed by atoms with Crippen molar-refractivity contribution in [1.29, 1.82) is 0 Å². The molecule has 2 nitrogen and oxygen atoms in total. The van der Waals surface area contributed by atoms with Gasteiger partial charge in [-0.15, -0.1) is 0 Å². The fourth-order valence-electron chi connectivity index (χ4n) is 3.30. The Morgan fingerprint density at radius 1 is 1.19 bits per heavy atom. The average Bonchev–Trinajstić information content (AvgIpc) is 2.97. The van der Waals surface area contributed by atoms with Crippen LogP contribution in [0.1, 0.15) is 57.6 Å². The van der Waals surface area contributed by atoms with Gasteiger partial charge in [-0.3, -0.25) is 0 Å². The molecule has 0 aromatic heterocycles. The highest BCUT2D eigenvalue weighted by atomic mass is 19.1. The third-order valence-corrected chi connectivity index (χ3v) is 4.39. The van der Waals surface area contributed by atoms with E-state index in [0.717, 1.165) is 25.1 Å². The monoisotopic (exact) mass is 293 g/mol. The summed E-state index contributed by atoms with van der Waals surface area (Å²) in [5.41, 5.74) is 0.812. The molecule has 1 aliphatic rings. The first-order chi connectivity index (χ1) is 10.1. The number of benzene rings is 1. The SMILES string of the molecule is CC(C)CN(CCC(O)c1ccc(F)cc1)C1CCCC1. The van der Waals surface area contributed by atoms with Crippen LogP contribution in [0.25, 0.3) is 0 Å². The van der Waals surface area contributed by atoms with Crippen LogP contribution >= 0.6 is 0 Å². The molecule has 118 valence electrons. The summed E-state index contributed by atoms with van der Waals surface area (Å²) >= 11 is 0. The number of nitrogens with zero attached hydrogens (tertiary/aromatic N) is 1. The number of halogens is 1. The maximum atomic E-state index is 12.9. The number of hydrogen-bond acceptors (Lipinski definition) is 2. The second-order valence-electron chi connectivity index (χ2n) is 6.68. The molecule has 2 rings (SSSR count). The van der Waals surface area contributed by atoms with E-state index in [-0.39, 0.29) is 5.82 Å². The Kier molecular flexibility index (Phi) is 6.19. The van der Waals surface area contributed by atoms with Gasteiger partial charge in [-0.05, 0) is 42.9 Å². The molecule has 0 spiro atoms. The highest BCUT2D eigenvalue weighted by Crippen LogP contribution is 2.26. The van der Waals surface area contributed by atoms with Gasteiger partial charge in [-0.2, -0.15) is 0 Å². The van der Waals surface area contributed by atoms with E-state index in [1.807, 2.05) is 0 Å². The van der Waals surface area contributed by atoms with Gasteiger partial charge in [0, 0.05) is 19.1 Å². The minimum atomic E-state index is -0.498. The molecule has 0 amide bonds. The van der Waals surface area contributed by atoms with Crippen molar-refractivity contribution in [2.75, 3.05) is 13.1 Å². The first-order valence-corrected chi connectivity index (χ1v) is 8.24. The molecule has 1 aliphatic carbocycles. The average molecular weight is 293 g/mol. The minimum absolute atomic E-state index is 0.252. The first-order valence-electron chi connectivity index (χ1n) is 8.24. The summed E-state index contributed by atoms with van der Waals surface area (Å²) in [5, 5.41) is 10.3. The van der Waals surface area contributed by atoms with Crippen LogP contribution in [0.2, 0.25) is 0 Å². The Hall–Kier alpha value is -0.930. The lowest BCUT2D eigenvalue weighted by atomic mass is 10.0. The van der Waals surface area contributed by atoms with Crippen LogP contribution in [0.4, 0.5) is 4.39 Å². The van der Waals surface area contributed by atoms with E-state index in [2.05, 4.69) is 18.7 Å². The molecule has 3 heteroatoms. The van der Waals surface area contributed by atoms with Gasteiger partial charge in [-0.1, -0.05) is 38.8 Å². The molecule has 1 aromatic carbocycles. The molecule has 1 N–H and O–H groups in total. The lowest BCUT2D eigenvalue weighted by Crippen LogP contribution is -2.37. The number of aliphatic hydroxyl groups excluding tert-OH is 1. The van der Waals surface area contributed by atoms with Crippen molar-refractivity contribution < 1.29 is 9.50 Å². The van der Waals surface area contributed by atoms with Crippen molar-refractivity contribution in [3.63, 3.8) is 0 Å². The Morgan fingerprint density at radius 2 is 1.81 bits per heavy atom. The number of aliphatic hydroxyl groups is 1. The second-order valence-corrected chi connectivity index (χ2v) is 6.68. The molecule has 0 bridgehead atoms. The van der Waals surface area contributed by atoms with Gasteiger partial charge in [0.2, 0.25) is 0 Å². The Bertz CT molecular complexity index is 412. The lowest BCUT2D eigenvalue weighted by Gasteiger charge is -2.31. The lowest BCUT2D eigenvalue weighted by molar-refractivity contribution is 0.116. The highest BCUT2D eigenvalue weighted by Gasteiger charge is 2.23. The molecule has 0 radical (unpaired) electrons. The molecule has 0 saturated heterocycles. The van der Waals surface area contributed by atoms with Crippen molar-refractivity contribution in [1.82, 2.24) is 4.90 Å². The van der Waals surface area contributed by atoms with E-state index in [0.29, 0.717) is 12.0 Å². The van der Waals surface area contributed by atoms with Gasteiger partial charge in [0.25, 0.3) is 0 Å². The molecule has 1 fully saturated rings. The molecular formula is C18H28FNO. The molecule has 0 heterocycles. The van der Waals surface area contributed by atoms with Crippen LogP contribution < -0.4 is 0 Å². The maximum absolute atomic E-state index is 12.9. The summed E-state index contributed by atoms with van der Waals surface area (Å²) in [7, 11) is 0. The van der Waals surface area contributed by atoms with E-state index in [4.69, 9.17) is 0 Å². The predicted molar refractivity (Wildman–Crippen MR) is 84.6 cm³/mol. The van der Waals surface area contributed by atoms with Gasteiger partial charge in [0.15, 0.2) is 0 Å². The van der Waals surface area contributed by atoms with Gasteiger partial charge < -0.3 is 10.0 Å². The van der Waals surface area contributed by atoms with Crippen LogP contribution in [0, 0.1) is 11.7 Å². The molecule has 21 heavy (non-hydrogen) atoms. The van der Waals surface area contributed by atoms with Crippen LogP contribution in [0.15, 0.2) is 24.3 Å². The Balaban J connectivity index is 1.89. The molecule has 0 aliphatic heterocycles. The third-order valence-electron chi connectivity index (χ3n) is 4.39. The fourth-order valence-corrected chi connectivity index (χ4v) is 3.30. The van der Waals surface area contributed by atoms with Crippen LogP contribution in [0.3, 0.4) is 0 Å². The maximum Gasteiger partial charge on any atom is 0.123 e. The van der Waals surface area contributed by atoms with Crippen molar-refractivity contribution in [3.8, 4) is 0 Å². The predicted octanol–water partition coefficient (Wildman–Crippen LogP) is 4.15. The zero-order valence-corrected chi connectivity index (χ0v) is 13.3. The van der Waals surface area contributed by atoms with Crippen LogP contribution in [-0.2, 0) is 0 Å². The summed E-state index contributed by atoms with van der Waals surface area (Å²) in [4.78, 5) is 2.55. The molecule has 1 saturated carbocycles. The van der Waals surface area contributed by atoms with Gasteiger partial charge in [0.05, 0.1) is 6.10 Å². The normalized spacial score (nSPS) is 17.8. The van der Waals surface area contributed by atoms with Gasteiger partial charge in [0.1, 0.15) is 5.82 Å². The minimum Gasteiger partial charge on any atom is -0.388 e. The summed E-state index contributed by atoms with van der Waals surface area (Å²) < 4.78 is 12.9. The Morgan fingerprint density at radius 3 is 2.38 bits per heavy atom. The molecule has 1 atom stereocenters. The summed E-state index contributed by atoms with van der Waals surface area (Å²) in [6.45, 7) is 6.51. The third kappa shape index (κ3) is 5.08. The van der Waals surface area contributed by atoms with Crippen molar-refractivity contribution >= 4 is 0 Å². The number of hydrogen-bond donors (Lipinski definition) is 1.